The van der Waals surface area contributed by atoms with Gasteiger partial charge in [0.25, 0.3) is 0 Å². The Kier molecular flexibility index (Phi) is 8.99. The first-order valence-electron chi connectivity index (χ1n) is 18.4. The number of nitrogens with zero attached hydrogens (tertiary/aromatic N) is 2. The van der Waals surface area contributed by atoms with Crippen LogP contribution in [0.2, 0.25) is 0 Å². The molecule has 0 saturated heterocycles. The number of benzene rings is 8. The molecule has 0 saturated carbocycles. The third kappa shape index (κ3) is 6.77. The van der Waals surface area contributed by atoms with Gasteiger partial charge in [-0.05, 0) is 100 Å². The summed E-state index contributed by atoms with van der Waals surface area (Å²) in [6.07, 6.45) is 8.76. The molecule has 8 aromatic carbocycles. The molecule has 0 aliphatic heterocycles. The summed E-state index contributed by atoms with van der Waals surface area (Å²) in [5.74, 6) is 0. The van der Waals surface area contributed by atoms with Gasteiger partial charge in [0.05, 0.1) is 11.0 Å². The van der Waals surface area contributed by atoms with E-state index in [0.29, 0.717) is 0 Å². The molecule has 0 N–H and O–H groups in total. The van der Waals surface area contributed by atoms with Crippen molar-refractivity contribution in [2.24, 2.45) is 0 Å². The van der Waals surface area contributed by atoms with Gasteiger partial charge in [-0.1, -0.05) is 164 Å². The molecule has 0 bridgehead atoms. The summed E-state index contributed by atoms with van der Waals surface area (Å²) in [5.41, 5.74) is 14.1. The zero-order valence-electron chi connectivity index (χ0n) is 29.8. The van der Waals surface area contributed by atoms with Gasteiger partial charge in [0.1, 0.15) is 0 Å². The molecule has 54 heavy (non-hydrogen) atoms. The molecule has 9 rings (SSSR count). The van der Waals surface area contributed by atoms with E-state index in [4.69, 9.17) is 0 Å². The third-order valence-electron chi connectivity index (χ3n) is 9.98. The van der Waals surface area contributed by atoms with Crippen molar-refractivity contribution in [3.05, 3.63) is 229 Å². The number of anilines is 3. The maximum atomic E-state index is 2.35. The molecule has 0 unspecified atom stereocenters. The predicted octanol–water partition coefficient (Wildman–Crippen LogP) is 14.3. The Morgan fingerprint density at radius 3 is 1.28 bits per heavy atom. The van der Waals surface area contributed by atoms with Crippen LogP contribution in [0.4, 0.5) is 17.1 Å². The molecule has 0 amide bonds. The SMILES string of the molecule is C(=Cc1ccc(N(c2ccccc2)c2ccccc2)cc1)c1ccc(-c2ccc(/C=C/c3ccc4c(c3)c3ccccc3n4-c3ccccc3)cc2)cc1. The lowest BCUT2D eigenvalue weighted by atomic mass is 10.0. The Labute approximate surface area is 316 Å². The second-order valence-electron chi connectivity index (χ2n) is 13.5. The van der Waals surface area contributed by atoms with Gasteiger partial charge in [0.15, 0.2) is 0 Å². The minimum absolute atomic E-state index is 1.13. The summed E-state index contributed by atoms with van der Waals surface area (Å²) in [6, 6.07) is 73.3. The van der Waals surface area contributed by atoms with Gasteiger partial charge < -0.3 is 9.47 Å². The van der Waals surface area contributed by atoms with Crippen LogP contribution in [0.25, 0.3) is 62.9 Å². The van der Waals surface area contributed by atoms with Gasteiger partial charge in [0, 0.05) is 33.5 Å². The lowest BCUT2D eigenvalue weighted by molar-refractivity contribution is 1.18. The normalized spacial score (nSPS) is 11.6. The Hall–Kier alpha value is -7.16. The lowest BCUT2D eigenvalue weighted by Crippen LogP contribution is -2.09. The summed E-state index contributed by atoms with van der Waals surface area (Å²) in [6.45, 7) is 0. The van der Waals surface area contributed by atoms with Gasteiger partial charge in [-0.15, -0.1) is 0 Å². The fraction of sp³-hybridized carbons (Fsp3) is 0. The molecule has 9 aromatic rings. The molecule has 1 aromatic heterocycles. The van der Waals surface area contributed by atoms with Crippen LogP contribution in [0.1, 0.15) is 22.3 Å². The molecule has 1 heterocycles. The average Bonchev–Trinajstić information content (AvgIpc) is 3.58. The third-order valence-corrected chi connectivity index (χ3v) is 9.98. The molecule has 2 nitrogen and oxygen atoms in total. The standard InChI is InChI=1S/C52H38N2/c1-4-12-45(13-5-1)53(46-14-6-2-7-15-46)48-35-28-41(29-36-48)21-20-39-24-31-43(32-25-39)44-33-26-40(27-34-44)22-23-42-30-37-52-50(38-42)49-18-10-11-19-51(49)54(52)47-16-8-3-9-17-47/h1-38H/b21-20?,23-22+. The van der Waals surface area contributed by atoms with E-state index in [2.05, 4.69) is 240 Å². The van der Waals surface area contributed by atoms with E-state index in [9.17, 15) is 0 Å². The van der Waals surface area contributed by atoms with E-state index in [0.717, 1.165) is 22.6 Å². The molecule has 0 radical (unpaired) electrons. The van der Waals surface area contributed by atoms with E-state index in [1.54, 1.807) is 0 Å². The molecule has 0 spiro atoms. The number of hydrogen-bond donors (Lipinski definition) is 0. The van der Waals surface area contributed by atoms with E-state index < -0.39 is 0 Å². The average molecular weight is 691 g/mol. The topological polar surface area (TPSA) is 8.17 Å². The van der Waals surface area contributed by atoms with Crippen LogP contribution in [0.3, 0.4) is 0 Å². The first-order valence-corrected chi connectivity index (χ1v) is 18.4. The van der Waals surface area contributed by atoms with Crippen LogP contribution in [0.5, 0.6) is 0 Å². The molecule has 256 valence electrons. The van der Waals surface area contributed by atoms with Gasteiger partial charge in [-0.25, -0.2) is 0 Å². The number of para-hydroxylation sites is 4. The zero-order valence-corrected chi connectivity index (χ0v) is 29.8. The van der Waals surface area contributed by atoms with Crippen molar-refractivity contribution in [1.29, 1.82) is 0 Å². The summed E-state index contributed by atoms with van der Waals surface area (Å²) < 4.78 is 2.35. The Morgan fingerprint density at radius 1 is 0.315 bits per heavy atom. The van der Waals surface area contributed by atoms with E-state index in [-0.39, 0.29) is 0 Å². The van der Waals surface area contributed by atoms with Crippen molar-refractivity contribution in [1.82, 2.24) is 4.57 Å². The largest absolute Gasteiger partial charge is 0.311 e. The number of hydrogen-bond acceptors (Lipinski definition) is 1. The van der Waals surface area contributed by atoms with Crippen molar-refractivity contribution in [2.75, 3.05) is 4.90 Å². The molecule has 0 aliphatic rings. The highest BCUT2D eigenvalue weighted by molar-refractivity contribution is 6.10. The van der Waals surface area contributed by atoms with Crippen LogP contribution in [-0.4, -0.2) is 4.57 Å². The molecule has 2 heteroatoms. The van der Waals surface area contributed by atoms with Crippen molar-refractivity contribution in [2.45, 2.75) is 0 Å². The van der Waals surface area contributed by atoms with Gasteiger partial charge >= 0.3 is 0 Å². The molecule has 0 aliphatic carbocycles. The fourth-order valence-corrected chi connectivity index (χ4v) is 7.24. The maximum absolute atomic E-state index is 2.35. The zero-order chi connectivity index (χ0) is 36.1. The van der Waals surface area contributed by atoms with Crippen LogP contribution < -0.4 is 4.90 Å². The van der Waals surface area contributed by atoms with Crippen LogP contribution in [0, 0.1) is 0 Å². The molecular weight excluding hydrogens is 653 g/mol. The van der Waals surface area contributed by atoms with E-state index >= 15 is 0 Å². The Balaban J connectivity index is 0.878. The van der Waals surface area contributed by atoms with Crippen molar-refractivity contribution < 1.29 is 0 Å². The first kappa shape index (κ1) is 32.7. The van der Waals surface area contributed by atoms with E-state index in [1.165, 1.54) is 55.3 Å². The second-order valence-corrected chi connectivity index (χ2v) is 13.5. The fourth-order valence-electron chi connectivity index (χ4n) is 7.24. The summed E-state index contributed by atoms with van der Waals surface area (Å²) in [5, 5.41) is 2.53. The first-order chi connectivity index (χ1) is 26.8. The van der Waals surface area contributed by atoms with Crippen molar-refractivity contribution in [3.8, 4) is 16.8 Å². The second kappa shape index (κ2) is 14.8. The van der Waals surface area contributed by atoms with Gasteiger partial charge in [0.2, 0.25) is 0 Å². The van der Waals surface area contributed by atoms with Crippen molar-refractivity contribution in [3.63, 3.8) is 0 Å². The van der Waals surface area contributed by atoms with E-state index in [1.807, 2.05) is 0 Å². The molecule has 0 atom stereocenters. The predicted molar refractivity (Wildman–Crippen MR) is 232 cm³/mol. The molecule has 0 fully saturated rings. The minimum Gasteiger partial charge on any atom is -0.311 e. The maximum Gasteiger partial charge on any atom is 0.0541 e. The van der Waals surface area contributed by atoms with Crippen LogP contribution >= 0.6 is 0 Å². The van der Waals surface area contributed by atoms with Crippen molar-refractivity contribution >= 4 is 63.2 Å². The minimum atomic E-state index is 1.13. The highest BCUT2D eigenvalue weighted by Crippen LogP contribution is 2.35. The summed E-state index contributed by atoms with van der Waals surface area (Å²) in [4.78, 5) is 2.28. The van der Waals surface area contributed by atoms with Gasteiger partial charge in [-0.2, -0.15) is 0 Å². The highest BCUT2D eigenvalue weighted by atomic mass is 15.1. The number of rotatable bonds is 9. The monoisotopic (exact) mass is 690 g/mol. The van der Waals surface area contributed by atoms with Crippen LogP contribution in [0.15, 0.2) is 206 Å². The highest BCUT2D eigenvalue weighted by Gasteiger charge is 2.13. The Bertz CT molecular complexity index is 2670. The number of fused-ring (bicyclic) bond motifs is 3. The molecular formula is C52H38N2. The lowest BCUT2D eigenvalue weighted by Gasteiger charge is -2.25. The summed E-state index contributed by atoms with van der Waals surface area (Å²) >= 11 is 0. The van der Waals surface area contributed by atoms with Crippen LogP contribution in [-0.2, 0) is 0 Å². The Morgan fingerprint density at radius 2 is 0.722 bits per heavy atom. The quantitative estimate of drug-likeness (QED) is 0.137. The number of aromatic nitrogens is 1. The smallest absolute Gasteiger partial charge is 0.0541 e. The summed E-state index contributed by atoms with van der Waals surface area (Å²) in [7, 11) is 0. The van der Waals surface area contributed by atoms with Gasteiger partial charge in [-0.3, -0.25) is 0 Å².